The van der Waals surface area contributed by atoms with Crippen molar-refractivity contribution in [3.8, 4) is 6.07 Å². The summed E-state index contributed by atoms with van der Waals surface area (Å²) in [7, 11) is 0. The van der Waals surface area contributed by atoms with Crippen LogP contribution in [0.3, 0.4) is 0 Å². The van der Waals surface area contributed by atoms with Crippen molar-refractivity contribution < 1.29 is 4.79 Å². The SMILES string of the molecule is CC(=O)Nc1cccc(Nc2ncnc(N3CCc4cc(C#N)ccc4C3)n2)c1. The van der Waals surface area contributed by atoms with Crippen LogP contribution in [0.15, 0.2) is 48.8 Å². The molecule has 0 saturated heterocycles. The van der Waals surface area contributed by atoms with E-state index in [1.165, 1.54) is 24.4 Å². The van der Waals surface area contributed by atoms with Crippen molar-refractivity contribution >= 4 is 29.2 Å². The van der Waals surface area contributed by atoms with Gasteiger partial charge in [-0.25, -0.2) is 9.97 Å². The number of nitrogens with one attached hydrogen (secondary N) is 2. The van der Waals surface area contributed by atoms with E-state index in [1.54, 1.807) is 0 Å². The van der Waals surface area contributed by atoms with Gasteiger partial charge in [-0.2, -0.15) is 10.2 Å². The standard InChI is InChI=1S/C21H19N7O/c1-14(29)25-18-3-2-4-19(10-18)26-20-23-13-24-21(27-20)28-8-7-16-9-15(11-22)5-6-17(16)12-28/h2-6,9-10,13H,7-8,12H2,1H3,(H,25,29)(H,23,24,26,27). The number of hydrogen-bond donors (Lipinski definition) is 2. The third kappa shape index (κ3) is 4.30. The third-order valence-electron chi connectivity index (χ3n) is 4.63. The zero-order chi connectivity index (χ0) is 20.2. The van der Waals surface area contributed by atoms with Gasteiger partial charge in [0.15, 0.2) is 0 Å². The van der Waals surface area contributed by atoms with E-state index in [2.05, 4.69) is 36.6 Å². The third-order valence-corrected chi connectivity index (χ3v) is 4.63. The van der Waals surface area contributed by atoms with Crippen molar-refractivity contribution in [2.75, 3.05) is 22.1 Å². The molecule has 144 valence electrons. The fourth-order valence-corrected chi connectivity index (χ4v) is 3.30. The summed E-state index contributed by atoms with van der Waals surface area (Å²) >= 11 is 0. The normalized spacial score (nSPS) is 12.6. The van der Waals surface area contributed by atoms with Crippen molar-refractivity contribution in [3.05, 3.63) is 65.5 Å². The Morgan fingerprint density at radius 3 is 2.83 bits per heavy atom. The number of nitriles is 1. The molecular formula is C21H19N7O. The van der Waals surface area contributed by atoms with E-state index in [1.807, 2.05) is 42.5 Å². The van der Waals surface area contributed by atoms with E-state index in [0.29, 0.717) is 29.7 Å². The lowest BCUT2D eigenvalue weighted by molar-refractivity contribution is -0.114. The highest BCUT2D eigenvalue weighted by Gasteiger charge is 2.19. The number of aromatic nitrogens is 3. The van der Waals surface area contributed by atoms with Crippen LogP contribution in [0, 0.1) is 11.3 Å². The molecule has 0 saturated carbocycles. The number of carbonyl (C=O) groups is 1. The Morgan fingerprint density at radius 2 is 2.00 bits per heavy atom. The van der Waals surface area contributed by atoms with Gasteiger partial charge in [0.2, 0.25) is 17.8 Å². The van der Waals surface area contributed by atoms with Crippen molar-refractivity contribution in [2.45, 2.75) is 19.9 Å². The van der Waals surface area contributed by atoms with Crippen LogP contribution in [0.4, 0.5) is 23.3 Å². The lowest BCUT2D eigenvalue weighted by Crippen LogP contribution is -2.32. The van der Waals surface area contributed by atoms with Gasteiger partial charge in [-0.15, -0.1) is 0 Å². The van der Waals surface area contributed by atoms with Gasteiger partial charge in [-0.05, 0) is 47.9 Å². The zero-order valence-electron chi connectivity index (χ0n) is 15.9. The van der Waals surface area contributed by atoms with E-state index in [9.17, 15) is 4.79 Å². The largest absolute Gasteiger partial charge is 0.336 e. The number of anilines is 4. The molecule has 1 aliphatic heterocycles. The Morgan fingerprint density at radius 1 is 1.14 bits per heavy atom. The molecule has 0 fully saturated rings. The number of carbonyl (C=O) groups excluding carboxylic acids is 1. The molecule has 0 spiro atoms. The number of nitrogens with zero attached hydrogens (tertiary/aromatic N) is 5. The molecule has 2 heterocycles. The molecule has 2 aromatic carbocycles. The van der Waals surface area contributed by atoms with E-state index < -0.39 is 0 Å². The topological polar surface area (TPSA) is 107 Å². The van der Waals surface area contributed by atoms with Crippen LogP contribution in [-0.4, -0.2) is 27.4 Å². The summed E-state index contributed by atoms with van der Waals surface area (Å²) in [5, 5.41) is 15.0. The van der Waals surface area contributed by atoms with Gasteiger partial charge in [0.1, 0.15) is 6.33 Å². The van der Waals surface area contributed by atoms with Crippen LogP contribution in [0.25, 0.3) is 0 Å². The van der Waals surface area contributed by atoms with Gasteiger partial charge in [-0.1, -0.05) is 12.1 Å². The Balaban J connectivity index is 1.51. The Kier molecular flexibility index (Phi) is 5.03. The Labute approximate surface area is 168 Å². The fourth-order valence-electron chi connectivity index (χ4n) is 3.30. The van der Waals surface area contributed by atoms with Crippen LogP contribution in [0.5, 0.6) is 0 Å². The quantitative estimate of drug-likeness (QED) is 0.711. The van der Waals surface area contributed by atoms with Gasteiger partial charge < -0.3 is 15.5 Å². The predicted molar refractivity (Wildman–Crippen MR) is 110 cm³/mol. The van der Waals surface area contributed by atoms with E-state index in [0.717, 1.165) is 18.7 Å². The summed E-state index contributed by atoms with van der Waals surface area (Å²) in [6.07, 6.45) is 2.31. The fraction of sp³-hybridized carbons (Fsp3) is 0.190. The average molecular weight is 385 g/mol. The monoisotopic (exact) mass is 385 g/mol. The second kappa shape index (κ2) is 7.94. The minimum absolute atomic E-state index is 0.128. The molecule has 29 heavy (non-hydrogen) atoms. The first-order valence-corrected chi connectivity index (χ1v) is 9.21. The molecule has 2 N–H and O–H groups in total. The molecule has 0 bridgehead atoms. The second-order valence-corrected chi connectivity index (χ2v) is 6.76. The van der Waals surface area contributed by atoms with Gasteiger partial charge in [-0.3, -0.25) is 4.79 Å². The summed E-state index contributed by atoms with van der Waals surface area (Å²) in [5.41, 5.74) is 4.52. The molecule has 3 aromatic rings. The molecular weight excluding hydrogens is 366 g/mol. The molecule has 1 aliphatic rings. The number of fused-ring (bicyclic) bond motifs is 1. The number of hydrogen-bond acceptors (Lipinski definition) is 7. The highest BCUT2D eigenvalue weighted by Crippen LogP contribution is 2.24. The number of amides is 1. The van der Waals surface area contributed by atoms with Crippen molar-refractivity contribution in [1.82, 2.24) is 15.0 Å². The molecule has 0 aliphatic carbocycles. The number of benzene rings is 2. The Hall–Kier alpha value is -3.99. The van der Waals surface area contributed by atoms with E-state index in [-0.39, 0.29) is 5.91 Å². The lowest BCUT2D eigenvalue weighted by Gasteiger charge is -2.28. The van der Waals surface area contributed by atoms with Crippen LogP contribution >= 0.6 is 0 Å². The second-order valence-electron chi connectivity index (χ2n) is 6.76. The van der Waals surface area contributed by atoms with Crippen LogP contribution in [-0.2, 0) is 17.8 Å². The predicted octanol–water partition coefficient (Wildman–Crippen LogP) is 3.01. The smallest absolute Gasteiger partial charge is 0.232 e. The molecule has 4 rings (SSSR count). The summed E-state index contributed by atoms with van der Waals surface area (Å²) in [5.74, 6) is 0.896. The molecule has 1 amide bonds. The average Bonchev–Trinajstić information content (AvgIpc) is 2.73. The summed E-state index contributed by atoms with van der Waals surface area (Å²) in [6, 6.07) is 15.3. The van der Waals surface area contributed by atoms with Gasteiger partial charge >= 0.3 is 0 Å². The first-order valence-electron chi connectivity index (χ1n) is 9.21. The van der Waals surface area contributed by atoms with Crippen LogP contribution in [0.1, 0.15) is 23.6 Å². The maximum absolute atomic E-state index is 11.2. The summed E-state index contributed by atoms with van der Waals surface area (Å²) in [4.78, 5) is 26.4. The van der Waals surface area contributed by atoms with Gasteiger partial charge in [0, 0.05) is 31.4 Å². The minimum atomic E-state index is -0.128. The molecule has 8 nitrogen and oxygen atoms in total. The van der Waals surface area contributed by atoms with Crippen LogP contribution in [0.2, 0.25) is 0 Å². The van der Waals surface area contributed by atoms with Crippen molar-refractivity contribution in [1.29, 1.82) is 5.26 Å². The highest BCUT2D eigenvalue weighted by atomic mass is 16.1. The molecule has 1 aromatic heterocycles. The van der Waals surface area contributed by atoms with Gasteiger partial charge in [0.25, 0.3) is 0 Å². The zero-order valence-corrected chi connectivity index (χ0v) is 15.9. The highest BCUT2D eigenvalue weighted by molar-refractivity contribution is 5.89. The first kappa shape index (κ1) is 18.4. The molecule has 0 radical (unpaired) electrons. The van der Waals surface area contributed by atoms with E-state index >= 15 is 0 Å². The number of rotatable bonds is 4. The maximum atomic E-state index is 11.2. The molecule has 8 heteroatoms. The lowest BCUT2D eigenvalue weighted by atomic mass is 9.98. The van der Waals surface area contributed by atoms with Crippen molar-refractivity contribution in [3.63, 3.8) is 0 Å². The van der Waals surface area contributed by atoms with Crippen LogP contribution < -0.4 is 15.5 Å². The summed E-state index contributed by atoms with van der Waals surface area (Å²) < 4.78 is 0. The van der Waals surface area contributed by atoms with Crippen molar-refractivity contribution in [2.24, 2.45) is 0 Å². The Bertz CT molecular complexity index is 1110. The summed E-state index contributed by atoms with van der Waals surface area (Å²) in [6.45, 7) is 2.92. The first-order chi connectivity index (χ1) is 14.1. The maximum Gasteiger partial charge on any atom is 0.232 e. The minimum Gasteiger partial charge on any atom is -0.336 e. The van der Waals surface area contributed by atoms with E-state index in [4.69, 9.17) is 5.26 Å². The molecule has 0 atom stereocenters. The van der Waals surface area contributed by atoms with Gasteiger partial charge in [0.05, 0.1) is 11.6 Å². The molecule has 0 unspecified atom stereocenters.